The van der Waals surface area contributed by atoms with E-state index in [0.29, 0.717) is 0 Å². The minimum absolute atomic E-state index is 0.0545. The number of nitrogens with two attached hydrogens (primary N) is 1. The summed E-state index contributed by atoms with van der Waals surface area (Å²) in [6, 6.07) is 1.25. The van der Waals surface area contributed by atoms with Gasteiger partial charge in [-0.1, -0.05) is 11.6 Å². The predicted molar refractivity (Wildman–Crippen MR) is 47.2 cm³/mol. The summed E-state index contributed by atoms with van der Waals surface area (Å²) in [6.07, 6.45) is 0. The third-order valence-corrected chi connectivity index (χ3v) is 1.88. The van der Waals surface area contributed by atoms with Crippen molar-refractivity contribution in [3.8, 4) is 0 Å². The number of carboxylic acids is 1. The number of hydrogen-bond donors (Lipinski definition) is 2. The van der Waals surface area contributed by atoms with Gasteiger partial charge in [0.15, 0.2) is 10.8 Å². The normalized spacial score (nSPS) is 10.6. The molecule has 0 aliphatic rings. The van der Waals surface area contributed by atoms with Crippen LogP contribution in [0.5, 0.6) is 0 Å². The van der Waals surface area contributed by atoms with Gasteiger partial charge in [0, 0.05) is 6.07 Å². The van der Waals surface area contributed by atoms with Crippen molar-refractivity contribution in [3.05, 3.63) is 16.8 Å². The number of carboxylic acid groups (broad SMARTS) is 1. The largest absolute Gasteiger partial charge is 0.478 e. The van der Waals surface area contributed by atoms with Crippen LogP contribution in [0, 0.1) is 0 Å². The Morgan fingerprint density at radius 2 is 2.29 bits per heavy atom. The summed E-state index contributed by atoms with van der Waals surface area (Å²) in [4.78, 5) is 10.7. The maximum Gasteiger partial charge on any atom is 0.339 e. The van der Waals surface area contributed by atoms with Crippen LogP contribution in [0.25, 0.3) is 5.65 Å². The molecule has 0 saturated carbocycles. The van der Waals surface area contributed by atoms with Crippen LogP contribution in [-0.2, 0) is 0 Å². The maximum atomic E-state index is 10.7. The third-order valence-electron chi connectivity index (χ3n) is 1.60. The van der Waals surface area contributed by atoms with E-state index in [9.17, 15) is 4.79 Å². The molecule has 2 heterocycles. The van der Waals surface area contributed by atoms with Gasteiger partial charge in [0.05, 0.1) is 0 Å². The number of halogens is 1. The van der Waals surface area contributed by atoms with Gasteiger partial charge in [-0.15, -0.1) is 10.2 Å². The molecule has 8 heteroatoms. The molecule has 0 unspecified atom stereocenters. The molecule has 0 spiro atoms. The van der Waals surface area contributed by atoms with E-state index in [1.165, 1.54) is 6.07 Å². The number of anilines is 1. The maximum absolute atomic E-state index is 10.7. The summed E-state index contributed by atoms with van der Waals surface area (Å²) < 4.78 is 1.16. The number of nitrogens with zero attached hydrogens (tertiary/aromatic N) is 4. The van der Waals surface area contributed by atoms with Crippen LogP contribution in [0.3, 0.4) is 0 Å². The van der Waals surface area contributed by atoms with Crippen molar-refractivity contribution >= 4 is 29.2 Å². The van der Waals surface area contributed by atoms with E-state index < -0.39 is 5.97 Å². The molecule has 0 fully saturated rings. The topological polar surface area (TPSA) is 106 Å². The van der Waals surface area contributed by atoms with Gasteiger partial charge in [0.25, 0.3) is 0 Å². The molecule has 0 aliphatic heterocycles. The van der Waals surface area contributed by atoms with Crippen LogP contribution in [0.15, 0.2) is 6.07 Å². The Balaban J connectivity index is 2.79. The first kappa shape index (κ1) is 8.70. The summed E-state index contributed by atoms with van der Waals surface area (Å²) in [7, 11) is 0. The van der Waals surface area contributed by atoms with Crippen molar-refractivity contribution in [2.24, 2.45) is 0 Å². The van der Waals surface area contributed by atoms with E-state index in [1.54, 1.807) is 0 Å². The highest BCUT2D eigenvalue weighted by atomic mass is 35.5. The van der Waals surface area contributed by atoms with Crippen molar-refractivity contribution in [3.63, 3.8) is 0 Å². The van der Waals surface area contributed by atoms with Crippen LogP contribution < -0.4 is 5.73 Å². The standard InChI is InChI=1S/C6H4ClN5O2/c7-4-2(5(13)14)1-3-9-10-6(8)12(3)11-4/h1H,(H2,8,10)(H,13,14). The fourth-order valence-electron chi connectivity index (χ4n) is 0.977. The Labute approximate surface area is 82.1 Å². The summed E-state index contributed by atoms with van der Waals surface area (Å²) in [5.74, 6) is -1.12. The van der Waals surface area contributed by atoms with E-state index in [0.717, 1.165) is 4.52 Å². The second-order valence-electron chi connectivity index (χ2n) is 2.48. The van der Waals surface area contributed by atoms with E-state index in [4.69, 9.17) is 22.4 Å². The van der Waals surface area contributed by atoms with Crippen LogP contribution in [-0.4, -0.2) is 30.9 Å². The molecule has 0 amide bonds. The fraction of sp³-hybridized carbons (Fsp3) is 0. The molecule has 0 atom stereocenters. The smallest absolute Gasteiger partial charge is 0.339 e. The molecule has 2 aromatic heterocycles. The first-order valence-electron chi connectivity index (χ1n) is 3.50. The molecule has 0 aliphatic carbocycles. The predicted octanol–water partition coefficient (Wildman–Crippen LogP) is 0.0581. The number of aromatic nitrogens is 4. The molecule has 3 N–H and O–H groups in total. The molecule has 2 aromatic rings. The highest BCUT2D eigenvalue weighted by Gasteiger charge is 2.14. The van der Waals surface area contributed by atoms with Gasteiger partial charge < -0.3 is 10.8 Å². The lowest BCUT2D eigenvalue weighted by Crippen LogP contribution is -2.04. The molecule has 2 rings (SSSR count). The first-order valence-corrected chi connectivity index (χ1v) is 3.88. The molecule has 7 nitrogen and oxygen atoms in total. The molecule has 0 radical (unpaired) electrons. The zero-order valence-corrected chi connectivity index (χ0v) is 7.43. The van der Waals surface area contributed by atoms with Crippen molar-refractivity contribution < 1.29 is 9.90 Å². The molecule has 0 bridgehead atoms. The molecular weight excluding hydrogens is 210 g/mol. The number of nitrogen functional groups attached to an aromatic ring is 1. The van der Waals surface area contributed by atoms with Crippen LogP contribution in [0.2, 0.25) is 5.15 Å². The zero-order chi connectivity index (χ0) is 10.3. The fourth-order valence-corrected chi connectivity index (χ4v) is 1.19. The molecule has 72 valence electrons. The molecule has 14 heavy (non-hydrogen) atoms. The number of fused-ring (bicyclic) bond motifs is 1. The molecular formula is C6H4ClN5O2. The highest BCUT2D eigenvalue weighted by Crippen LogP contribution is 2.15. The Morgan fingerprint density at radius 3 is 2.93 bits per heavy atom. The second kappa shape index (κ2) is 2.81. The summed E-state index contributed by atoms with van der Waals surface area (Å²) >= 11 is 5.60. The molecule has 0 saturated heterocycles. The summed E-state index contributed by atoms with van der Waals surface area (Å²) in [6.45, 7) is 0. The van der Waals surface area contributed by atoms with E-state index in [2.05, 4.69) is 15.3 Å². The second-order valence-corrected chi connectivity index (χ2v) is 2.84. The average molecular weight is 214 g/mol. The Hall–Kier alpha value is -1.89. The van der Waals surface area contributed by atoms with Crippen LogP contribution >= 0.6 is 11.6 Å². The van der Waals surface area contributed by atoms with E-state index in [1.807, 2.05) is 0 Å². The lowest BCUT2D eigenvalue weighted by atomic mass is 10.3. The van der Waals surface area contributed by atoms with Crippen molar-refractivity contribution in [1.82, 2.24) is 19.8 Å². The van der Waals surface area contributed by atoms with Gasteiger partial charge in [-0.2, -0.15) is 9.61 Å². The Morgan fingerprint density at radius 1 is 1.57 bits per heavy atom. The van der Waals surface area contributed by atoms with E-state index in [-0.39, 0.29) is 22.3 Å². The van der Waals surface area contributed by atoms with Gasteiger partial charge in [-0.05, 0) is 0 Å². The van der Waals surface area contributed by atoms with Gasteiger partial charge in [-0.3, -0.25) is 0 Å². The van der Waals surface area contributed by atoms with Gasteiger partial charge in [-0.25, -0.2) is 4.79 Å². The van der Waals surface area contributed by atoms with Crippen LogP contribution in [0.1, 0.15) is 10.4 Å². The van der Waals surface area contributed by atoms with Gasteiger partial charge >= 0.3 is 5.97 Å². The third kappa shape index (κ3) is 1.14. The quantitative estimate of drug-likeness (QED) is 0.694. The van der Waals surface area contributed by atoms with Crippen molar-refractivity contribution in [1.29, 1.82) is 0 Å². The zero-order valence-electron chi connectivity index (χ0n) is 6.68. The van der Waals surface area contributed by atoms with E-state index >= 15 is 0 Å². The minimum atomic E-state index is -1.17. The van der Waals surface area contributed by atoms with Gasteiger partial charge in [0.1, 0.15) is 5.56 Å². The lowest BCUT2D eigenvalue weighted by molar-refractivity contribution is 0.0696. The number of carbonyl (C=O) groups is 1. The number of rotatable bonds is 1. The molecule has 0 aromatic carbocycles. The average Bonchev–Trinajstić information content (AvgIpc) is 2.46. The Kier molecular flexibility index (Phi) is 1.74. The van der Waals surface area contributed by atoms with Gasteiger partial charge in [0.2, 0.25) is 5.95 Å². The number of aromatic carboxylic acids is 1. The van der Waals surface area contributed by atoms with Crippen molar-refractivity contribution in [2.45, 2.75) is 0 Å². The van der Waals surface area contributed by atoms with Crippen molar-refractivity contribution in [2.75, 3.05) is 5.73 Å². The van der Waals surface area contributed by atoms with Crippen LogP contribution in [0.4, 0.5) is 5.95 Å². The summed E-state index contributed by atoms with van der Waals surface area (Å²) in [5.41, 5.74) is 5.50. The minimum Gasteiger partial charge on any atom is -0.478 e. The monoisotopic (exact) mass is 213 g/mol. The highest BCUT2D eigenvalue weighted by molar-refractivity contribution is 6.32. The summed E-state index contributed by atoms with van der Waals surface area (Å²) in [5, 5.41) is 19.4. The number of hydrogen-bond acceptors (Lipinski definition) is 5. The SMILES string of the molecule is Nc1nnc2cc(C(=O)O)c(Cl)nn12. The lowest BCUT2D eigenvalue weighted by Gasteiger charge is -1.98. The Bertz CT molecular complexity index is 522. The first-order chi connectivity index (χ1) is 6.59.